The predicted octanol–water partition coefficient (Wildman–Crippen LogP) is 1.05. The van der Waals surface area contributed by atoms with Gasteiger partial charge in [-0.3, -0.25) is 9.59 Å². The third-order valence-corrected chi connectivity index (χ3v) is 5.03. The van der Waals surface area contributed by atoms with E-state index in [0.717, 1.165) is 37.1 Å². The summed E-state index contributed by atoms with van der Waals surface area (Å²) in [4.78, 5) is 28.6. The van der Waals surface area contributed by atoms with Gasteiger partial charge in [0.25, 0.3) is 0 Å². The summed E-state index contributed by atoms with van der Waals surface area (Å²) < 4.78 is 0. The fourth-order valence-electron chi connectivity index (χ4n) is 3.72. The van der Waals surface area contributed by atoms with E-state index in [1.54, 1.807) is 0 Å². The fourth-order valence-corrected chi connectivity index (χ4v) is 3.72. The smallest absolute Gasteiger partial charge is 0.171 e. The molecule has 2 aromatic carbocycles. The molecular formula is C24H34N2O2+2. The van der Waals surface area contributed by atoms with Gasteiger partial charge in [-0.1, -0.05) is 60.7 Å². The number of nitrogens with one attached hydrogen (secondary N) is 2. The zero-order valence-corrected chi connectivity index (χ0v) is 17.6. The first-order chi connectivity index (χ1) is 13.4. The SMILES string of the molecule is C[NH+](C)C[C@@H](CC[C@H](C[NH+](C)C)C(=O)c1ccccc1)C(=O)c1ccccc1. The van der Waals surface area contributed by atoms with Crippen LogP contribution in [-0.4, -0.2) is 52.8 Å². The summed E-state index contributed by atoms with van der Waals surface area (Å²) in [6.45, 7) is 1.55. The van der Waals surface area contributed by atoms with E-state index in [4.69, 9.17) is 0 Å². The number of quaternary nitrogens is 2. The van der Waals surface area contributed by atoms with E-state index in [2.05, 4.69) is 28.2 Å². The molecule has 2 aromatic rings. The Balaban J connectivity index is 2.14. The van der Waals surface area contributed by atoms with Crippen molar-refractivity contribution in [2.24, 2.45) is 11.8 Å². The van der Waals surface area contributed by atoms with Crippen LogP contribution in [0, 0.1) is 11.8 Å². The van der Waals surface area contributed by atoms with E-state index in [0.29, 0.717) is 0 Å². The van der Waals surface area contributed by atoms with Crippen molar-refractivity contribution in [1.29, 1.82) is 0 Å². The first-order valence-corrected chi connectivity index (χ1v) is 10.1. The standard InChI is InChI=1S/C24H32N2O2/c1-25(2)17-21(23(27)19-11-7-5-8-12-19)15-16-22(18-26(3)4)24(28)20-13-9-6-10-14-20/h5-14,21-22H,15-18H2,1-4H3/p+2/t21-,22-/m1/s1. The molecule has 0 aliphatic heterocycles. The van der Waals surface area contributed by atoms with E-state index in [9.17, 15) is 9.59 Å². The Morgan fingerprint density at radius 3 is 1.25 bits per heavy atom. The highest BCUT2D eigenvalue weighted by Gasteiger charge is 2.28. The molecule has 28 heavy (non-hydrogen) atoms. The second-order valence-corrected chi connectivity index (χ2v) is 8.25. The van der Waals surface area contributed by atoms with Crippen LogP contribution in [0.1, 0.15) is 33.6 Å². The van der Waals surface area contributed by atoms with E-state index < -0.39 is 0 Å². The topological polar surface area (TPSA) is 43.0 Å². The van der Waals surface area contributed by atoms with Crippen LogP contribution in [0.3, 0.4) is 0 Å². The largest absolute Gasteiger partial charge is 0.339 e. The van der Waals surface area contributed by atoms with Crippen LogP contribution in [-0.2, 0) is 0 Å². The first-order valence-electron chi connectivity index (χ1n) is 10.1. The van der Waals surface area contributed by atoms with Crippen molar-refractivity contribution in [1.82, 2.24) is 0 Å². The molecule has 0 saturated heterocycles. The Labute approximate surface area is 169 Å². The second kappa shape index (κ2) is 10.9. The lowest BCUT2D eigenvalue weighted by Gasteiger charge is -2.22. The van der Waals surface area contributed by atoms with Gasteiger partial charge in [-0.15, -0.1) is 0 Å². The maximum atomic E-state index is 13.1. The maximum Gasteiger partial charge on any atom is 0.171 e. The van der Waals surface area contributed by atoms with Crippen molar-refractivity contribution in [2.75, 3.05) is 41.3 Å². The summed E-state index contributed by atoms with van der Waals surface area (Å²) in [6.07, 6.45) is 1.46. The van der Waals surface area contributed by atoms with Crippen LogP contribution in [0.15, 0.2) is 60.7 Å². The minimum absolute atomic E-state index is 0.0735. The lowest BCUT2D eigenvalue weighted by atomic mass is 9.86. The highest BCUT2D eigenvalue weighted by atomic mass is 16.1. The fraction of sp³-hybridized carbons (Fsp3) is 0.417. The third-order valence-electron chi connectivity index (χ3n) is 5.03. The van der Waals surface area contributed by atoms with Gasteiger partial charge in [-0.2, -0.15) is 0 Å². The monoisotopic (exact) mass is 382 g/mol. The molecule has 0 bridgehead atoms. The molecule has 0 heterocycles. The maximum absolute atomic E-state index is 13.1. The van der Waals surface area contributed by atoms with Gasteiger partial charge in [0.1, 0.15) is 0 Å². The highest BCUT2D eigenvalue weighted by molar-refractivity contribution is 5.99. The molecule has 0 radical (unpaired) electrons. The quantitative estimate of drug-likeness (QED) is 0.571. The Morgan fingerprint density at radius 1 is 0.643 bits per heavy atom. The van der Waals surface area contributed by atoms with E-state index in [1.807, 2.05) is 60.7 Å². The molecule has 0 unspecified atom stereocenters. The molecule has 0 spiro atoms. The van der Waals surface area contributed by atoms with E-state index in [-0.39, 0.29) is 23.4 Å². The highest BCUT2D eigenvalue weighted by Crippen LogP contribution is 2.19. The van der Waals surface area contributed by atoms with Crippen LogP contribution >= 0.6 is 0 Å². The van der Waals surface area contributed by atoms with E-state index in [1.165, 1.54) is 9.80 Å². The molecule has 0 fully saturated rings. The number of hydrogen-bond acceptors (Lipinski definition) is 2. The number of benzene rings is 2. The average molecular weight is 383 g/mol. The predicted molar refractivity (Wildman–Crippen MR) is 113 cm³/mol. The van der Waals surface area contributed by atoms with E-state index >= 15 is 0 Å². The molecule has 150 valence electrons. The van der Waals surface area contributed by atoms with Crippen molar-refractivity contribution >= 4 is 11.6 Å². The number of ketones is 2. The molecule has 0 aliphatic rings. The zero-order chi connectivity index (χ0) is 20.5. The molecular weight excluding hydrogens is 348 g/mol. The Bertz CT molecular complexity index is 676. The second-order valence-electron chi connectivity index (χ2n) is 8.25. The number of carbonyl (C=O) groups excluding carboxylic acids is 2. The molecule has 0 amide bonds. The van der Waals surface area contributed by atoms with Crippen LogP contribution in [0.5, 0.6) is 0 Å². The lowest BCUT2D eigenvalue weighted by Crippen LogP contribution is -3.06. The Morgan fingerprint density at radius 2 is 0.964 bits per heavy atom. The number of hydrogen-bond donors (Lipinski definition) is 2. The van der Waals surface area contributed by atoms with Crippen LogP contribution in [0.4, 0.5) is 0 Å². The molecule has 4 nitrogen and oxygen atoms in total. The summed E-state index contributed by atoms with van der Waals surface area (Å²) in [5.74, 6) is 0.223. The van der Waals surface area contributed by atoms with Crippen molar-refractivity contribution in [3.05, 3.63) is 71.8 Å². The van der Waals surface area contributed by atoms with Crippen molar-refractivity contribution in [3.8, 4) is 0 Å². The van der Waals surface area contributed by atoms with Gasteiger partial charge < -0.3 is 9.80 Å². The number of carbonyl (C=O) groups is 2. The summed E-state index contributed by atoms with van der Waals surface area (Å²) in [6, 6.07) is 19.0. The van der Waals surface area contributed by atoms with Gasteiger partial charge in [0.2, 0.25) is 0 Å². The van der Waals surface area contributed by atoms with Crippen LogP contribution in [0.25, 0.3) is 0 Å². The van der Waals surface area contributed by atoms with Crippen LogP contribution in [0.2, 0.25) is 0 Å². The van der Waals surface area contributed by atoms with Crippen molar-refractivity contribution in [2.45, 2.75) is 12.8 Å². The van der Waals surface area contributed by atoms with Gasteiger partial charge >= 0.3 is 0 Å². The number of Topliss-reactive ketones (excluding diaryl/α,β-unsaturated/α-hetero) is 2. The molecule has 0 saturated carbocycles. The minimum atomic E-state index is -0.0735. The summed E-state index contributed by atoms with van der Waals surface area (Å²) in [5, 5.41) is 0. The molecule has 2 rings (SSSR count). The Hall–Kier alpha value is -2.30. The molecule has 0 aliphatic carbocycles. The van der Waals surface area contributed by atoms with Crippen molar-refractivity contribution < 1.29 is 19.4 Å². The van der Waals surface area contributed by atoms with Gasteiger partial charge in [-0.05, 0) is 12.8 Å². The summed E-state index contributed by atoms with van der Waals surface area (Å²) >= 11 is 0. The lowest BCUT2D eigenvalue weighted by molar-refractivity contribution is -0.861. The summed E-state index contributed by atoms with van der Waals surface area (Å²) in [5.41, 5.74) is 1.52. The Kier molecular flexibility index (Phi) is 8.55. The molecule has 4 heteroatoms. The van der Waals surface area contributed by atoms with Crippen LogP contribution < -0.4 is 9.80 Å². The van der Waals surface area contributed by atoms with Gasteiger partial charge in [-0.25, -0.2) is 0 Å². The van der Waals surface area contributed by atoms with Gasteiger partial charge in [0.05, 0.1) is 53.1 Å². The first kappa shape index (κ1) is 22.0. The van der Waals surface area contributed by atoms with Gasteiger partial charge in [0, 0.05) is 11.1 Å². The molecule has 2 atom stereocenters. The zero-order valence-electron chi connectivity index (χ0n) is 17.6. The third kappa shape index (κ3) is 6.70. The normalized spacial score (nSPS) is 13.5. The molecule has 2 N–H and O–H groups in total. The molecule has 0 aromatic heterocycles. The van der Waals surface area contributed by atoms with Crippen molar-refractivity contribution in [3.63, 3.8) is 0 Å². The van der Waals surface area contributed by atoms with Gasteiger partial charge in [0.15, 0.2) is 11.6 Å². The summed E-state index contributed by atoms with van der Waals surface area (Å²) in [7, 11) is 8.29. The number of rotatable bonds is 11. The minimum Gasteiger partial charge on any atom is -0.339 e. The average Bonchev–Trinajstić information content (AvgIpc) is 2.69.